The zero-order valence-corrected chi connectivity index (χ0v) is 17.9. The summed E-state index contributed by atoms with van der Waals surface area (Å²) in [4.78, 5) is 35.7. The second-order valence-electron chi connectivity index (χ2n) is 6.67. The van der Waals surface area contributed by atoms with Gasteiger partial charge in [-0.05, 0) is 48.4 Å². The van der Waals surface area contributed by atoms with E-state index in [0.29, 0.717) is 29.2 Å². The third kappa shape index (κ3) is 5.06. The molecule has 1 N–H and O–H groups in total. The number of imide groups is 1. The molecule has 0 spiro atoms. The number of nitrogens with one attached hydrogen (secondary N) is 1. The SMILES string of the molecule is C=CCN1C(=O)N/C(=C/c2cc(Cl)c(OCc3ccc([N+](=O)[O-])cc3)c(OCC)c2)C1=O. The minimum atomic E-state index is -0.527. The quantitative estimate of drug-likeness (QED) is 0.197. The molecule has 10 heteroatoms. The van der Waals surface area contributed by atoms with E-state index < -0.39 is 16.9 Å². The summed E-state index contributed by atoms with van der Waals surface area (Å²) in [7, 11) is 0. The number of nitro groups is 1. The van der Waals surface area contributed by atoms with Crippen LogP contribution in [0.5, 0.6) is 11.5 Å². The lowest BCUT2D eigenvalue weighted by Gasteiger charge is -2.15. The Balaban J connectivity index is 1.83. The first-order valence-corrected chi connectivity index (χ1v) is 9.99. The van der Waals surface area contributed by atoms with Gasteiger partial charge in [0.15, 0.2) is 11.5 Å². The Hall–Kier alpha value is -3.85. The molecule has 3 rings (SSSR count). The number of rotatable bonds is 9. The highest BCUT2D eigenvalue weighted by Gasteiger charge is 2.32. The van der Waals surface area contributed by atoms with Crippen molar-refractivity contribution in [1.82, 2.24) is 10.2 Å². The topological polar surface area (TPSA) is 111 Å². The second kappa shape index (κ2) is 9.97. The average molecular weight is 458 g/mol. The second-order valence-corrected chi connectivity index (χ2v) is 7.08. The fraction of sp³-hybridized carbons (Fsp3) is 0.182. The van der Waals surface area contributed by atoms with Crippen LogP contribution in [0.4, 0.5) is 10.5 Å². The van der Waals surface area contributed by atoms with Gasteiger partial charge in [0.1, 0.15) is 12.3 Å². The van der Waals surface area contributed by atoms with Crippen molar-refractivity contribution in [2.75, 3.05) is 13.2 Å². The molecule has 3 amide bonds. The summed E-state index contributed by atoms with van der Waals surface area (Å²) in [6.07, 6.45) is 2.96. The maximum atomic E-state index is 12.4. The molecule has 9 nitrogen and oxygen atoms in total. The first-order valence-electron chi connectivity index (χ1n) is 9.62. The number of carbonyl (C=O) groups excluding carboxylic acids is 2. The molecule has 1 aliphatic heterocycles. The molecule has 0 atom stereocenters. The maximum Gasteiger partial charge on any atom is 0.329 e. The molecule has 0 aromatic heterocycles. The van der Waals surface area contributed by atoms with Crippen LogP contribution in [0, 0.1) is 10.1 Å². The summed E-state index contributed by atoms with van der Waals surface area (Å²) in [6, 6.07) is 8.66. The summed E-state index contributed by atoms with van der Waals surface area (Å²) in [5.74, 6) is 0.181. The Morgan fingerprint density at radius 3 is 2.56 bits per heavy atom. The van der Waals surface area contributed by atoms with Gasteiger partial charge in [0.2, 0.25) is 0 Å². The minimum Gasteiger partial charge on any atom is -0.490 e. The normalized spacial score (nSPS) is 14.4. The molecule has 166 valence electrons. The molecule has 0 radical (unpaired) electrons. The van der Waals surface area contributed by atoms with Crippen LogP contribution >= 0.6 is 11.6 Å². The minimum absolute atomic E-state index is 0.0145. The molecule has 2 aromatic carbocycles. The number of urea groups is 1. The molecule has 1 fully saturated rings. The van der Waals surface area contributed by atoms with Gasteiger partial charge in [-0.15, -0.1) is 6.58 Å². The fourth-order valence-corrected chi connectivity index (χ4v) is 3.25. The summed E-state index contributed by atoms with van der Waals surface area (Å²) in [5.41, 5.74) is 1.33. The number of hydrogen-bond acceptors (Lipinski definition) is 6. The number of amides is 3. The van der Waals surface area contributed by atoms with E-state index in [1.807, 2.05) is 0 Å². The summed E-state index contributed by atoms with van der Waals surface area (Å²) < 4.78 is 11.5. The van der Waals surface area contributed by atoms with E-state index in [-0.39, 0.29) is 29.6 Å². The van der Waals surface area contributed by atoms with Crippen LogP contribution in [-0.2, 0) is 11.4 Å². The van der Waals surface area contributed by atoms with Gasteiger partial charge in [0.25, 0.3) is 11.6 Å². The Bertz CT molecular complexity index is 1100. The molecule has 0 aliphatic carbocycles. The van der Waals surface area contributed by atoms with Crippen molar-refractivity contribution in [2.45, 2.75) is 13.5 Å². The van der Waals surface area contributed by atoms with Crippen molar-refractivity contribution in [3.8, 4) is 11.5 Å². The van der Waals surface area contributed by atoms with Gasteiger partial charge in [-0.2, -0.15) is 0 Å². The van der Waals surface area contributed by atoms with Crippen molar-refractivity contribution in [3.05, 3.63) is 81.0 Å². The van der Waals surface area contributed by atoms with Gasteiger partial charge >= 0.3 is 6.03 Å². The molecule has 0 saturated carbocycles. The molecular formula is C22H20ClN3O6. The van der Waals surface area contributed by atoms with Gasteiger partial charge in [-0.25, -0.2) is 4.79 Å². The van der Waals surface area contributed by atoms with Crippen molar-refractivity contribution in [1.29, 1.82) is 0 Å². The maximum absolute atomic E-state index is 12.4. The van der Waals surface area contributed by atoms with Crippen LogP contribution in [-0.4, -0.2) is 34.9 Å². The Morgan fingerprint density at radius 2 is 1.94 bits per heavy atom. The number of non-ortho nitro benzene ring substituents is 1. The van der Waals surface area contributed by atoms with Gasteiger partial charge in [0.05, 0.1) is 16.6 Å². The van der Waals surface area contributed by atoms with Crippen molar-refractivity contribution < 1.29 is 24.0 Å². The molecule has 1 saturated heterocycles. The van der Waals surface area contributed by atoms with Crippen molar-refractivity contribution in [2.24, 2.45) is 0 Å². The van der Waals surface area contributed by atoms with Crippen LogP contribution in [0.2, 0.25) is 5.02 Å². The summed E-state index contributed by atoms with van der Waals surface area (Å²) in [6.45, 7) is 5.89. The Labute approximate surface area is 189 Å². The zero-order chi connectivity index (χ0) is 23.3. The summed E-state index contributed by atoms with van der Waals surface area (Å²) in [5, 5.41) is 13.5. The van der Waals surface area contributed by atoms with E-state index in [9.17, 15) is 19.7 Å². The summed E-state index contributed by atoms with van der Waals surface area (Å²) >= 11 is 6.41. The van der Waals surface area contributed by atoms with E-state index >= 15 is 0 Å². The van der Waals surface area contributed by atoms with Crippen molar-refractivity contribution in [3.63, 3.8) is 0 Å². The van der Waals surface area contributed by atoms with Crippen LogP contribution in [0.1, 0.15) is 18.1 Å². The lowest BCUT2D eigenvalue weighted by atomic mass is 10.1. The lowest BCUT2D eigenvalue weighted by Crippen LogP contribution is -2.30. The highest BCUT2D eigenvalue weighted by molar-refractivity contribution is 6.32. The molecule has 2 aromatic rings. The first kappa shape index (κ1) is 22.8. The number of hydrogen-bond donors (Lipinski definition) is 1. The van der Waals surface area contributed by atoms with E-state index in [4.69, 9.17) is 21.1 Å². The van der Waals surface area contributed by atoms with Gasteiger partial charge in [-0.1, -0.05) is 17.7 Å². The predicted octanol–water partition coefficient (Wildman–Crippen LogP) is 4.30. The lowest BCUT2D eigenvalue weighted by molar-refractivity contribution is -0.384. The average Bonchev–Trinajstić information content (AvgIpc) is 3.01. The third-order valence-electron chi connectivity index (χ3n) is 4.45. The number of benzene rings is 2. The third-order valence-corrected chi connectivity index (χ3v) is 4.73. The molecule has 32 heavy (non-hydrogen) atoms. The highest BCUT2D eigenvalue weighted by Crippen LogP contribution is 2.38. The first-order chi connectivity index (χ1) is 15.3. The number of ether oxygens (including phenoxy) is 2. The van der Waals surface area contributed by atoms with Gasteiger partial charge in [-0.3, -0.25) is 19.8 Å². The van der Waals surface area contributed by atoms with Crippen LogP contribution in [0.15, 0.2) is 54.8 Å². The number of carbonyl (C=O) groups is 2. The van der Waals surface area contributed by atoms with Gasteiger partial charge < -0.3 is 14.8 Å². The van der Waals surface area contributed by atoms with E-state index in [2.05, 4.69) is 11.9 Å². The van der Waals surface area contributed by atoms with Crippen LogP contribution in [0.3, 0.4) is 0 Å². The monoisotopic (exact) mass is 457 g/mol. The standard InChI is InChI=1S/C22H20ClN3O6/c1-3-9-25-21(27)18(24-22(25)28)11-15-10-17(23)20(19(12-15)31-4-2)32-13-14-5-7-16(8-6-14)26(29)30/h3,5-8,10-12H,1,4,9,13H2,2H3,(H,24,28)/b18-11+. The van der Waals surface area contributed by atoms with Crippen LogP contribution < -0.4 is 14.8 Å². The Kier molecular flexibility index (Phi) is 7.11. The zero-order valence-electron chi connectivity index (χ0n) is 17.2. The number of nitrogens with zero attached hydrogens (tertiary/aromatic N) is 2. The van der Waals surface area contributed by atoms with Gasteiger partial charge in [0, 0.05) is 18.7 Å². The molecule has 0 unspecified atom stereocenters. The number of nitro benzene ring substituents is 1. The smallest absolute Gasteiger partial charge is 0.329 e. The fourth-order valence-electron chi connectivity index (χ4n) is 2.98. The van der Waals surface area contributed by atoms with E-state index in [1.54, 1.807) is 31.2 Å². The largest absolute Gasteiger partial charge is 0.490 e. The molecule has 0 bridgehead atoms. The van der Waals surface area contributed by atoms with Crippen molar-refractivity contribution >= 4 is 35.3 Å². The molecular weight excluding hydrogens is 438 g/mol. The molecule has 1 aliphatic rings. The van der Waals surface area contributed by atoms with E-state index in [1.165, 1.54) is 24.3 Å². The molecule has 1 heterocycles. The number of halogens is 1. The predicted molar refractivity (Wildman–Crippen MR) is 118 cm³/mol. The highest BCUT2D eigenvalue weighted by atomic mass is 35.5. The van der Waals surface area contributed by atoms with Crippen LogP contribution in [0.25, 0.3) is 6.08 Å². The van der Waals surface area contributed by atoms with E-state index in [0.717, 1.165) is 4.90 Å². The Morgan fingerprint density at radius 1 is 1.22 bits per heavy atom.